The summed E-state index contributed by atoms with van der Waals surface area (Å²) >= 11 is 1.49. The molecule has 0 saturated carbocycles. The van der Waals surface area contributed by atoms with Gasteiger partial charge in [0.25, 0.3) is 0 Å². The van der Waals surface area contributed by atoms with Crippen LogP contribution in [-0.2, 0) is 6.42 Å². The molecule has 0 spiro atoms. The SMILES string of the molecule is CCc1nc(C)sc1C(=N)N. The monoisotopic (exact) mass is 169 g/mol. The van der Waals surface area contributed by atoms with Crippen LogP contribution in [0.3, 0.4) is 0 Å². The lowest BCUT2D eigenvalue weighted by Crippen LogP contribution is -2.11. The second-order valence-corrected chi connectivity index (χ2v) is 3.48. The van der Waals surface area contributed by atoms with E-state index in [-0.39, 0.29) is 5.84 Å². The smallest absolute Gasteiger partial charge is 0.135 e. The highest BCUT2D eigenvalue weighted by atomic mass is 32.1. The summed E-state index contributed by atoms with van der Waals surface area (Å²) in [4.78, 5) is 5.07. The summed E-state index contributed by atoms with van der Waals surface area (Å²) in [5.41, 5.74) is 6.30. The Kier molecular flexibility index (Phi) is 2.24. The minimum absolute atomic E-state index is 0.132. The van der Waals surface area contributed by atoms with Crippen LogP contribution in [0.15, 0.2) is 0 Å². The highest BCUT2D eigenvalue weighted by Gasteiger charge is 2.08. The molecule has 1 aromatic rings. The lowest BCUT2D eigenvalue weighted by molar-refractivity contribution is 1.04. The number of thiazole rings is 1. The summed E-state index contributed by atoms with van der Waals surface area (Å²) in [7, 11) is 0. The number of hydrogen-bond donors (Lipinski definition) is 2. The molecule has 0 saturated heterocycles. The van der Waals surface area contributed by atoms with Crippen LogP contribution in [0.2, 0.25) is 0 Å². The van der Waals surface area contributed by atoms with Crippen molar-refractivity contribution in [2.75, 3.05) is 0 Å². The third-order valence-corrected chi connectivity index (χ3v) is 2.43. The van der Waals surface area contributed by atoms with Crippen molar-refractivity contribution in [3.8, 4) is 0 Å². The Bertz CT molecular complexity index is 277. The van der Waals surface area contributed by atoms with Crippen molar-refractivity contribution in [2.24, 2.45) is 5.73 Å². The first-order valence-electron chi connectivity index (χ1n) is 3.45. The molecule has 0 amide bonds. The molecule has 1 aromatic heterocycles. The van der Waals surface area contributed by atoms with Crippen LogP contribution in [0.4, 0.5) is 0 Å². The molecule has 0 fully saturated rings. The molecule has 0 aliphatic carbocycles. The van der Waals surface area contributed by atoms with E-state index in [0.29, 0.717) is 0 Å². The van der Waals surface area contributed by atoms with Crippen LogP contribution < -0.4 is 5.73 Å². The second kappa shape index (κ2) is 3.00. The molecule has 3 nitrogen and oxygen atoms in total. The number of nitrogens with one attached hydrogen (secondary N) is 1. The standard InChI is InChI=1S/C7H11N3S/c1-3-5-6(7(8)9)11-4(2)10-5/h3H2,1-2H3,(H3,8,9). The molecular formula is C7H11N3S. The van der Waals surface area contributed by atoms with E-state index in [1.165, 1.54) is 11.3 Å². The lowest BCUT2D eigenvalue weighted by Gasteiger charge is -1.93. The van der Waals surface area contributed by atoms with E-state index in [9.17, 15) is 0 Å². The van der Waals surface area contributed by atoms with Crippen molar-refractivity contribution in [3.63, 3.8) is 0 Å². The number of nitrogens with zero attached hydrogens (tertiary/aromatic N) is 1. The van der Waals surface area contributed by atoms with Crippen molar-refractivity contribution in [1.29, 1.82) is 5.41 Å². The summed E-state index contributed by atoms with van der Waals surface area (Å²) in [6.45, 7) is 3.94. The van der Waals surface area contributed by atoms with E-state index in [1.54, 1.807) is 0 Å². The molecule has 3 N–H and O–H groups in total. The molecule has 60 valence electrons. The van der Waals surface area contributed by atoms with E-state index in [4.69, 9.17) is 11.1 Å². The van der Waals surface area contributed by atoms with Crippen LogP contribution in [-0.4, -0.2) is 10.8 Å². The largest absolute Gasteiger partial charge is 0.383 e. The molecule has 0 aliphatic heterocycles. The number of rotatable bonds is 2. The van der Waals surface area contributed by atoms with Crippen LogP contribution >= 0.6 is 11.3 Å². The molecule has 1 heterocycles. The van der Waals surface area contributed by atoms with E-state index in [0.717, 1.165) is 22.0 Å². The van der Waals surface area contributed by atoms with E-state index in [1.807, 2.05) is 13.8 Å². The van der Waals surface area contributed by atoms with Gasteiger partial charge in [0.15, 0.2) is 0 Å². The van der Waals surface area contributed by atoms with E-state index < -0.39 is 0 Å². The number of aryl methyl sites for hydroxylation is 2. The Hall–Kier alpha value is -0.900. The number of amidine groups is 1. The predicted molar refractivity (Wildman–Crippen MR) is 47.2 cm³/mol. The van der Waals surface area contributed by atoms with Crippen LogP contribution in [0.1, 0.15) is 22.5 Å². The van der Waals surface area contributed by atoms with Crippen LogP contribution in [0.25, 0.3) is 0 Å². The lowest BCUT2D eigenvalue weighted by atomic mass is 10.3. The minimum Gasteiger partial charge on any atom is -0.383 e. The van der Waals surface area contributed by atoms with Crippen molar-refractivity contribution in [1.82, 2.24) is 4.98 Å². The molecular weight excluding hydrogens is 158 g/mol. The third-order valence-electron chi connectivity index (χ3n) is 1.38. The Morgan fingerprint density at radius 1 is 1.73 bits per heavy atom. The fraction of sp³-hybridized carbons (Fsp3) is 0.429. The molecule has 0 bridgehead atoms. The molecule has 4 heteroatoms. The van der Waals surface area contributed by atoms with Crippen molar-refractivity contribution < 1.29 is 0 Å². The minimum atomic E-state index is 0.132. The molecule has 0 unspecified atom stereocenters. The first kappa shape index (κ1) is 8.20. The average Bonchev–Trinajstić information content (AvgIpc) is 2.30. The van der Waals surface area contributed by atoms with Gasteiger partial charge in [-0.1, -0.05) is 6.92 Å². The topological polar surface area (TPSA) is 62.8 Å². The van der Waals surface area contributed by atoms with Crippen molar-refractivity contribution in [2.45, 2.75) is 20.3 Å². The zero-order chi connectivity index (χ0) is 8.43. The summed E-state index contributed by atoms with van der Waals surface area (Å²) in [5, 5.41) is 8.22. The number of nitrogen functional groups attached to an aromatic ring is 1. The maximum absolute atomic E-state index is 7.24. The Balaban J connectivity index is 3.12. The maximum Gasteiger partial charge on any atom is 0.135 e. The maximum atomic E-state index is 7.24. The predicted octanol–water partition coefficient (Wildman–Crippen LogP) is 1.30. The van der Waals surface area contributed by atoms with Gasteiger partial charge in [-0.2, -0.15) is 0 Å². The zero-order valence-corrected chi connectivity index (χ0v) is 7.46. The van der Waals surface area contributed by atoms with Gasteiger partial charge >= 0.3 is 0 Å². The normalized spacial score (nSPS) is 10.0. The fourth-order valence-corrected chi connectivity index (χ4v) is 1.79. The molecule has 0 atom stereocenters. The molecule has 11 heavy (non-hydrogen) atoms. The van der Waals surface area contributed by atoms with Gasteiger partial charge in [0.1, 0.15) is 5.84 Å². The first-order valence-corrected chi connectivity index (χ1v) is 4.27. The highest BCUT2D eigenvalue weighted by Crippen LogP contribution is 2.17. The Morgan fingerprint density at radius 3 is 2.73 bits per heavy atom. The van der Waals surface area contributed by atoms with Crippen molar-refractivity contribution in [3.05, 3.63) is 15.6 Å². The molecule has 0 radical (unpaired) electrons. The highest BCUT2D eigenvalue weighted by molar-refractivity contribution is 7.13. The molecule has 0 aliphatic rings. The van der Waals surface area contributed by atoms with E-state index >= 15 is 0 Å². The Labute approximate surface area is 69.8 Å². The van der Waals surface area contributed by atoms with E-state index in [2.05, 4.69) is 4.98 Å². The van der Waals surface area contributed by atoms with Gasteiger partial charge in [-0.3, -0.25) is 5.41 Å². The molecule has 0 aromatic carbocycles. The van der Waals surface area contributed by atoms with Gasteiger partial charge in [-0.15, -0.1) is 11.3 Å². The molecule has 1 rings (SSSR count). The fourth-order valence-electron chi connectivity index (χ4n) is 0.920. The van der Waals surface area contributed by atoms with Gasteiger partial charge in [0.2, 0.25) is 0 Å². The second-order valence-electron chi connectivity index (χ2n) is 2.28. The van der Waals surface area contributed by atoms with Crippen LogP contribution in [0.5, 0.6) is 0 Å². The Morgan fingerprint density at radius 2 is 2.36 bits per heavy atom. The van der Waals surface area contributed by atoms with Crippen LogP contribution in [0, 0.1) is 12.3 Å². The quantitative estimate of drug-likeness (QED) is 0.517. The van der Waals surface area contributed by atoms with Crippen molar-refractivity contribution >= 4 is 17.2 Å². The van der Waals surface area contributed by atoms with Gasteiger partial charge < -0.3 is 5.73 Å². The summed E-state index contributed by atoms with van der Waals surface area (Å²) < 4.78 is 0. The van der Waals surface area contributed by atoms with Gasteiger partial charge in [0.05, 0.1) is 15.6 Å². The summed E-state index contributed by atoms with van der Waals surface area (Å²) in [6.07, 6.45) is 0.846. The first-order chi connectivity index (χ1) is 5.15. The summed E-state index contributed by atoms with van der Waals surface area (Å²) in [5.74, 6) is 0.132. The summed E-state index contributed by atoms with van der Waals surface area (Å²) in [6, 6.07) is 0. The number of aromatic nitrogens is 1. The number of nitrogens with two attached hydrogens (primary N) is 1. The average molecular weight is 169 g/mol. The van der Waals surface area contributed by atoms with Gasteiger partial charge in [-0.05, 0) is 13.3 Å². The number of hydrogen-bond acceptors (Lipinski definition) is 3. The van der Waals surface area contributed by atoms with Gasteiger partial charge in [-0.25, -0.2) is 4.98 Å². The van der Waals surface area contributed by atoms with Gasteiger partial charge in [0, 0.05) is 0 Å². The third kappa shape index (κ3) is 1.57. The zero-order valence-electron chi connectivity index (χ0n) is 6.64.